The van der Waals surface area contributed by atoms with Crippen LogP contribution in [-0.2, 0) is 22.6 Å². The fourth-order valence-corrected chi connectivity index (χ4v) is 4.16. The summed E-state index contributed by atoms with van der Waals surface area (Å²) in [6, 6.07) is 7.11. The Balaban J connectivity index is 1.67. The van der Waals surface area contributed by atoms with Gasteiger partial charge in [-0.15, -0.1) is 0 Å². The smallest absolute Gasteiger partial charge is 0.327 e. The molecule has 0 aliphatic carbocycles. The second-order valence-electron chi connectivity index (χ2n) is 8.21. The summed E-state index contributed by atoms with van der Waals surface area (Å²) in [6.07, 6.45) is 1.24. The Kier molecular flexibility index (Phi) is 5.74. The van der Waals surface area contributed by atoms with Crippen LogP contribution in [0.3, 0.4) is 0 Å². The molecular weight excluding hydrogens is 358 g/mol. The molecule has 2 saturated heterocycles. The summed E-state index contributed by atoms with van der Waals surface area (Å²) >= 11 is 0. The van der Waals surface area contributed by atoms with E-state index in [1.807, 2.05) is 38.1 Å². The molecule has 0 atom stereocenters. The number of benzene rings is 1. The minimum absolute atomic E-state index is 0.0174. The van der Waals surface area contributed by atoms with E-state index >= 15 is 0 Å². The molecule has 1 aromatic rings. The molecule has 2 fully saturated rings. The number of likely N-dealkylation sites (N-methyl/N-ethyl adjacent to an activating group) is 1. The number of hydrogen-bond donors (Lipinski definition) is 1. The zero-order valence-corrected chi connectivity index (χ0v) is 16.9. The number of amides is 4. The summed E-state index contributed by atoms with van der Waals surface area (Å²) in [5, 5.41) is 9.12. The van der Waals surface area contributed by atoms with Crippen molar-refractivity contribution in [3.05, 3.63) is 35.4 Å². The molecule has 28 heavy (non-hydrogen) atoms. The van der Waals surface area contributed by atoms with Crippen LogP contribution >= 0.6 is 0 Å². The van der Waals surface area contributed by atoms with E-state index < -0.39 is 5.54 Å². The Morgan fingerprint density at radius 2 is 1.68 bits per heavy atom. The predicted molar refractivity (Wildman–Crippen MR) is 104 cm³/mol. The summed E-state index contributed by atoms with van der Waals surface area (Å²) in [4.78, 5) is 42.8. The molecule has 3 rings (SSSR count). The molecule has 2 aliphatic heterocycles. The molecule has 0 saturated carbocycles. The van der Waals surface area contributed by atoms with Crippen LogP contribution in [0.1, 0.15) is 37.8 Å². The molecule has 0 bridgehead atoms. The lowest BCUT2D eigenvalue weighted by atomic mass is 9.85. The minimum Gasteiger partial charge on any atom is -0.392 e. The van der Waals surface area contributed by atoms with Crippen molar-refractivity contribution >= 4 is 17.8 Å². The number of aliphatic hydroxyl groups excluding tert-OH is 1. The zero-order valence-electron chi connectivity index (χ0n) is 16.9. The largest absolute Gasteiger partial charge is 0.392 e. The second kappa shape index (κ2) is 7.91. The first-order valence-corrected chi connectivity index (χ1v) is 9.84. The van der Waals surface area contributed by atoms with Crippen molar-refractivity contribution in [1.29, 1.82) is 0 Å². The van der Waals surface area contributed by atoms with Gasteiger partial charge in [0.1, 0.15) is 5.54 Å². The molecule has 0 unspecified atom stereocenters. The molecule has 152 valence electrons. The van der Waals surface area contributed by atoms with E-state index in [9.17, 15) is 14.4 Å². The number of carbonyl (C=O) groups is 3. The Morgan fingerprint density at radius 3 is 2.21 bits per heavy atom. The first kappa shape index (κ1) is 20.3. The van der Waals surface area contributed by atoms with Gasteiger partial charge in [-0.05, 0) is 29.9 Å². The molecule has 1 N–H and O–H groups in total. The normalized spacial score (nSPS) is 19.2. The van der Waals surface area contributed by atoms with Gasteiger partial charge in [-0.1, -0.05) is 38.1 Å². The Labute approximate surface area is 165 Å². The van der Waals surface area contributed by atoms with E-state index in [-0.39, 0.29) is 30.4 Å². The summed E-state index contributed by atoms with van der Waals surface area (Å²) in [5.41, 5.74) is 0.904. The van der Waals surface area contributed by atoms with E-state index in [0.717, 1.165) is 11.1 Å². The summed E-state index contributed by atoms with van der Waals surface area (Å²) in [5.74, 6) is 0.138. The topological polar surface area (TPSA) is 81.2 Å². The van der Waals surface area contributed by atoms with Gasteiger partial charge in [0, 0.05) is 26.7 Å². The Hall–Kier alpha value is -2.41. The number of rotatable bonds is 5. The van der Waals surface area contributed by atoms with Crippen LogP contribution in [0.25, 0.3) is 0 Å². The zero-order chi connectivity index (χ0) is 20.5. The number of nitrogens with zero attached hydrogens (tertiary/aromatic N) is 3. The summed E-state index contributed by atoms with van der Waals surface area (Å²) in [7, 11) is 1.54. The number of hydrogen-bond acceptors (Lipinski definition) is 4. The van der Waals surface area contributed by atoms with E-state index in [4.69, 9.17) is 5.11 Å². The third-order valence-corrected chi connectivity index (χ3v) is 5.79. The molecule has 7 heteroatoms. The molecule has 7 nitrogen and oxygen atoms in total. The Morgan fingerprint density at radius 1 is 1.11 bits per heavy atom. The maximum absolute atomic E-state index is 12.9. The minimum atomic E-state index is -0.810. The number of aliphatic hydroxyl groups is 1. The maximum Gasteiger partial charge on any atom is 0.327 e. The number of likely N-dealkylation sites (tertiary alicyclic amines) is 1. The van der Waals surface area contributed by atoms with Crippen LogP contribution in [0.5, 0.6) is 0 Å². The summed E-state index contributed by atoms with van der Waals surface area (Å²) < 4.78 is 0. The molecule has 1 spiro atoms. The fourth-order valence-electron chi connectivity index (χ4n) is 4.16. The number of imide groups is 1. The van der Waals surface area contributed by atoms with Crippen LogP contribution in [0, 0.1) is 5.92 Å². The monoisotopic (exact) mass is 387 g/mol. The molecule has 1 aromatic carbocycles. The SMILES string of the molecule is CC(C)CN1C(=O)N(C)C(=O)C12CCN(C(=O)Cc1ccc(CO)cc1)CC2. The van der Waals surface area contributed by atoms with Gasteiger partial charge in [0.05, 0.1) is 13.0 Å². The average molecular weight is 387 g/mol. The van der Waals surface area contributed by atoms with E-state index in [1.54, 1.807) is 16.8 Å². The van der Waals surface area contributed by atoms with Gasteiger partial charge in [-0.25, -0.2) is 4.79 Å². The summed E-state index contributed by atoms with van der Waals surface area (Å²) in [6.45, 7) is 5.52. The molecule has 0 radical (unpaired) electrons. The predicted octanol–water partition coefficient (Wildman–Crippen LogP) is 1.63. The molecular formula is C21H29N3O4. The van der Waals surface area contributed by atoms with Gasteiger partial charge in [0.25, 0.3) is 5.91 Å². The van der Waals surface area contributed by atoms with Crippen LogP contribution in [0.15, 0.2) is 24.3 Å². The van der Waals surface area contributed by atoms with Crippen molar-refractivity contribution < 1.29 is 19.5 Å². The fraction of sp³-hybridized carbons (Fsp3) is 0.571. The first-order valence-electron chi connectivity index (χ1n) is 9.84. The highest BCUT2D eigenvalue weighted by Crippen LogP contribution is 2.37. The average Bonchev–Trinajstić information content (AvgIpc) is 2.85. The second-order valence-corrected chi connectivity index (χ2v) is 8.21. The molecule has 4 amide bonds. The highest BCUT2D eigenvalue weighted by molar-refractivity contribution is 6.07. The van der Waals surface area contributed by atoms with Crippen molar-refractivity contribution in [2.75, 3.05) is 26.7 Å². The van der Waals surface area contributed by atoms with Gasteiger partial charge >= 0.3 is 6.03 Å². The number of carbonyl (C=O) groups excluding carboxylic acids is 3. The van der Waals surface area contributed by atoms with Gasteiger partial charge in [0.2, 0.25) is 5.91 Å². The van der Waals surface area contributed by atoms with Crippen LogP contribution in [0.4, 0.5) is 4.79 Å². The van der Waals surface area contributed by atoms with Crippen molar-refractivity contribution in [3.8, 4) is 0 Å². The third kappa shape index (κ3) is 3.63. The van der Waals surface area contributed by atoms with Gasteiger partial charge in [-0.3, -0.25) is 14.5 Å². The van der Waals surface area contributed by atoms with Crippen LogP contribution < -0.4 is 0 Å². The standard InChI is InChI=1S/C21H29N3O4/c1-15(2)13-24-20(28)22(3)19(27)21(24)8-10-23(11-9-21)18(26)12-16-4-6-17(14-25)7-5-16/h4-7,15,25H,8-14H2,1-3H3. The Bertz CT molecular complexity index is 751. The highest BCUT2D eigenvalue weighted by Gasteiger charge is 2.57. The third-order valence-electron chi connectivity index (χ3n) is 5.79. The van der Waals surface area contributed by atoms with Gasteiger partial charge in [0.15, 0.2) is 0 Å². The van der Waals surface area contributed by atoms with E-state index in [2.05, 4.69) is 0 Å². The molecule has 0 aromatic heterocycles. The van der Waals surface area contributed by atoms with Crippen molar-refractivity contribution in [1.82, 2.24) is 14.7 Å². The van der Waals surface area contributed by atoms with Crippen molar-refractivity contribution in [2.45, 2.75) is 45.3 Å². The highest BCUT2D eigenvalue weighted by atomic mass is 16.3. The molecule has 2 heterocycles. The maximum atomic E-state index is 12.9. The number of piperidine rings is 1. The van der Waals surface area contributed by atoms with Gasteiger partial charge in [-0.2, -0.15) is 0 Å². The lowest BCUT2D eigenvalue weighted by Crippen LogP contribution is -2.58. The van der Waals surface area contributed by atoms with Crippen LogP contribution in [0.2, 0.25) is 0 Å². The van der Waals surface area contributed by atoms with Crippen LogP contribution in [-0.4, -0.2) is 69.9 Å². The number of urea groups is 1. The van der Waals surface area contributed by atoms with E-state index in [0.29, 0.717) is 38.9 Å². The first-order chi connectivity index (χ1) is 13.3. The van der Waals surface area contributed by atoms with E-state index in [1.165, 1.54) is 4.90 Å². The lowest BCUT2D eigenvalue weighted by Gasteiger charge is -2.42. The molecule has 2 aliphatic rings. The van der Waals surface area contributed by atoms with Crippen molar-refractivity contribution in [3.63, 3.8) is 0 Å². The quantitative estimate of drug-likeness (QED) is 0.779. The van der Waals surface area contributed by atoms with Crippen molar-refractivity contribution in [2.24, 2.45) is 5.92 Å². The van der Waals surface area contributed by atoms with Gasteiger partial charge < -0.3 is 14.9 Å². The lowest BCUT2D eigenvalue weighted by molar-refractivity contribution is -0.140.